The van der Waals surface area contributed by atoms with E-state index in [2.05, 4.69) is 16.2 Å². The van der Waals surface area contributed by atoms with Gasteiger partial charge in [-0.3, -0.25) is 4.78 Å². The quantitative estimate of drug-likeness (QED) is 0.715. The molecule has 1 fully saturated rings. The molecule has 6 nitrogen and oxygen atoms in total. The summed E-state index contributed by atoms with van der Waals surface area (Å²) < 4.78 is 9.78. The summed E-state index contributed by atoms with van der Waals surface area (Å²) in [5.74, 6) is 0.533. The Labute approximate surface area is 160 Å². The van der Waals surface area contributed by atoms with Gasteiger partial charge in [0.1, 0.15) is 0 Å². The minimum atomic E-state index is -0.525. The first-order chi connectivity index (χ1) is 13.1. The fraction of sp³-hybridized carbons (Fsp3) is 0.250. The van der Waals surface area contributed by atoms with Gasteiger partial charge in [0.05, 0.1) is 22.9 Å². The molecule has 2 N–H and O–H groups in total. The van der Waals surface area contributed by atoms with Crippen LogP contribution in [0, 0.1) is 23.0 Å². The second kappa shape index (κ2) is 6.97. The van der Waals surface area contributed by atoms with Crippen LogP contribution in [0.25, 0.3) is 16.9 Å². The summed E-state index contributed by atoms with van der Waals surface area (Å²) in [6.45, 7) is 1.83. The molecule has 1 aliphatic rings. The average Bonchev–Trinajstić information content (AvgIpc) is 2.95. The topological polar surface area (TPSA) is 98.6 Å². The highest BCUT2D eigenvalue weighted by molar-refractivity contribution is 7.86. The van der Waals surface area contributed by atoms with E-state index in [1.54, 1.807) is 36.5 Å². The normalized spacial score (nSPS) is 15.1. The van der Waals surface area contributed by atoms with Crippen LogP contribution in [-0.2, 0) is 10.7 Å². The van der Waals surface area contributed by atoms with E-state index in [-0.39, 0.29) is 5.88 Å². The van der Waals surface area contributed by atoms with Crippen LogP contribution in [0.2, 0.25) is 0 Å². The van der Waals surface area contributed by atoms with Gasteiger partial charge in [-0.2, -0.15) is 15.0 Å². The molecule has 1 unspecified atom stereocenters. The zero-order chi connectivity index (χ0) is 19.0. The number of pyridine rings is 1. The largest absolute Gasteiger partial charge is 0.493 e. The van der Waals surface area contributed by atoms with Gasteiger partial charge in [0.2, 0.25) is 5.88 Å². The van der Waals surface area contributed by atoms with Gasteiger partial charge in [0, 0.05) is 16.3 Å². The SMILES string of the molecule is Cc1nn(-c2ccc(S(=N)C3CCC3)cn2)c(O)c1-c1ccc(C#N)cc1. The molecule has 2 heterocycles. The number of benzene rings is 1. The number of nitriles is 1. The molecule has 0 aliphatic heterocycles. The number of hydrogen-bond donors (Lipinski definition) is 2. The van der Waals surface area contributed by atoms with Crippen molar-refractivity contribution in [3.63, 3.8) is 0 Å². The van der Waals surface area contributed by atoms with Crippen LogP contribution in [0.1, 0.15) is 30.5 Å². The average molecular weight is 377 g/mol. The molecule has 1 aliphatic carbocycles. The minimum Gasteiger partial charge on any atom is -0.493 e. The third kappa shape index (κ3) is 3.13. The van der Waals surface area contributed by atoms with Crippen molar-refractivity contribution in [2.75, 3.05) is 0 Å². The Balaban J connectivity index is 1.66. The van der Waals surface area contributed by atoms with E-state index in [4.69, 9.17) is 10.0 Å². The lowest BCUT2D eigenvalue weighted by Crippen LogP contribution is -2.22. The molecule has 0 saturated heterocycles. The molecule has 1 atom stereocenters. The fourth-order valence-electron chi connectivity index (χ4n) is 3.15. The molecule has 3 aromatic rings. The van der Waals surface area contributed by atoms with Crippen molar-refractivity contribution < 1.29 is 5.11 Å². The number of rotatable bonds is 4. The van der Waals surface area contributed by atoms with Crippen molar-refractivity contribution in [3.05, 3.63) is 53.9 Å². The molecule has 0 spiro atoms. The number of hydrogen-bond acceptors (Lipinski definition) is 5. The third-order valence-corrected chi connectivity index (χ3v) is 6.80. The van der Waals surface area contributed by atoms with Crippen LogP contribution < -0.4 is 0 Å². The van der Waals surface area contributed by atoms with Crippen molar-refractivity contribution in [2.24, 2.45) is 0 Å². The molecular formula is C20H19N5OS. The number of aromatic nitrogens is 3. The maximum Gasteiger partial charge on any atom is 0.223 e. The Morgan fingerprint density at radius 2 is 1.96 bits per heavy atom. The highest BCUT2D eigenvalue weighted by Crippen LogP contribution is 2.34. The molecular weight excluding hydrogens is 358 g/mol. The molecule has 1 saturated carbocycles. The number of nitrogens with zero attached hydrogens (tertiary/aromatic N) is 4. The molecule has 1 aromatic carbocycles. The van der Waals surface area contributed by atoms with Crippen LogP contribution in [0.4, 0.5) is 0 Å². The summed E-state index contributed by atoms with van der Waals surface area (Å²) in [4.78, 5) is 5.36. The predicted molar refractivity (Wildman–Crippen MR) is 104 cm³/mol. The standard InChI is InChI=1S/C20H19N5OS/c1-13-19(15-7-5-14(11-21)6-8-15)20(26)25(24-13)18-10-9-17(12-23-18)27(22)16-3-2-4-16/h5-10,12,16,22,26H,2-4H2,1H3. The molecule has 0 radical (unpaired) electrons. The Morgan fingerprint density at radius 1 is 1.22 bits per heavy atom. The summed E-state index contributed by atoms with van der Waals surface area (Å²) in [5.41, 5.74) is 2.67. The van der Waals surface area contributed by atoms with E-state index in [0.29, 0.717) is 27.9 Å². The second-order valence-corrected chi connectivity index (χ2v) is 8.44. The zero-order valence-corrected chi connectivity index (χ0v) is 15.7. The highest BCUT2D eigenvalue weighted by Gasteiger charge is 2.23. The van der Waals surface area contributed by atoms with E-state index >= 15 is 0 Å². The van der Waals surface area contributed by atoms with Crippen LogP contribution in [-0.4, -0.2) is 25.1 Å². The maximum atomic E-state index is 10.7. The summed E-state index contributed by atoms with van der Waals surface area (Å²) in [6.07, 6.45) is 5.20. The first kappa shape index (κ1) is 17.4. The van der Waals surface area contributed by atoms with Gasteiger partial charge in [-0.1, -0.05) is 29.2 Å². The van der Waals surface area contributed by atoms with Gasteiger partial charge < -0.3 is 5.11 Å². The van der Waals surface area contributed by atoms with Gasteiger partial charge in [-0.15, -0.1) is 0 Å². The Morgan fingerprint density at radius 3 is 2.52 bits per heavy atom. The van der Waals surface area contributed by atoms with Crippen LogP contribution in [0.3, 0.4) is 0 Å². The second-order valence-electron chi connectivity index (χ2n) is 6.63. The van der Waals surface area contributed by atoms with E-state index < -0.39 is 10.7 Å². The van der Waals surface area contributed by atoms with Gasteiger partial charge >= 0.3 is 0 Å². The monoisotopic (exact) mass is 377 g/mol. The summed E-state index contributed by atoms with van der Waals surface area (Å²) in [6, 6.07) is 12.8. The summed E-state index contributed by atoms with van der Waals surface area (Å²) in [5, 5.41) is 24.5. The Hall–Kier alpha value is -2.98. The molecule has 4 rings (SSSR count). The molecule has 0 amide bonds. The van der Waals surface area contributed by atoms with Crippen molar-refractivity contribution >= 4 is 10.7 Å². The van der Waals surface area contributed by atoms with Crippen molar-refractivity contribution in [3.8, 4) is 28.9 Å². The van der Waals surface area contributed by atoms with Crippen molar-refractivity contribution in [1.29, 1.82) is 10.0 Å². The third-order valence-electron chi connectivity index (χ3n) is 4.92. The van der Waals surface area contributed by atoms with Crippen LogP contribution in [0.15, 0.2) is 47.5 Å². The van der Waals surface area contributed by atoms with Crippen molar-refractivity contribution in [2.45, 2.75) is 36.3 Å². The number of nitrogens with one attached hydrogen (secondary N) is 1. The summed E-state index contributed by atoms with van der Waals surface area (Å²) in [7, 11) is -0.525. The lowest BCUT2D eigenvalue weighted by atomic mass is 10.0. The molecule has 0 bridgehead atoms. The smallest absolute Gasteiger partial charge is 0.223 e. The van der Waals surface area contributed by atoms with E-state index in [1.165, 1.54) is 11.1 Å². The minimum absolute atomic E-state index is 0.0151. The lowest BCUT2D eigenvalue weighted by molar-refractivity contribution is 0.433. The molecule has 2 aromatic heterocycles. The van der Waals surface area contributed by atoms with E-state index in [1.807, 2.05) is 13.0 Å². The summed E-state index contributed by atoms with van der Waals surface area (Å²) >= 11 is 0. The first-order valence-electron chi connectivity index (χ1n) is 8.78. The zero-order valence-electron chi connectivity index (χ0n) is 14.9. The van der Waals surface area contributed by atoms with Gasteiger partial charge in [-0.25, -0.2) is 4.98 Å². The Bertz CT molecular complexity index is 1040. The van der Waals surface area contributed by atoms with Gasteiger partial charge in [0.15, 0.2) is 5.82 Å². The Kier molecular flexibility index (Phi) is 4.50. The van der Waals surface area contributed by atoms with Crippen LogP contribution in [0.5, 0.6) is 5.88 Å². The molecule has 7 heteroatoms. The lowest BCUT2D eigenvalue weighted by Gasteiger charge is -2.26. The predicted octanol–water partition coefficient (Wildman–Crippen LogP) is 4.11. The number of aryl methyl sites for hydroxylation is 1. The molecule has 136 valence electrons. The van der Waals surface area contributed by atoms with Gasteiger partial charge in [-0.05, 0) is 49.6 Å². The highest BCUT2D eigenvalue weighted by atomic mass is 32.2. The van der Waals surface area contributed by atoms with Crippen LogP contribution >= 0.6 is 0 Å². The molecule has 27 heavy (non-hydrogen) atoms. The number of aromatic hydroxyl groups is 1. The van der Waals surface area contributed by atoms with E-state index in [9.17, 15) is 5.11 Å². The van der Waals surface area contributed by atoms with Crippen molar-refractivity contribution in [1.82, 2.24) is 14.8 Å². The fourth-order valence-corrected chi connectivity index (χ4v) is 4.72. The maximum absolute atomic E-state index is 10.7. The van der Waals surface area contributed by atoms with E-state index in [0.717, 1.165) is 23.3 Å². The van der Waals surface area contributed by atoms with Gasteiger partial charge in [0.25, 0.3) is 0 Å². The first-order valence-corrected chi connectivity index (χ1v) is 10.1.